The van der Waals surface area contributed by atoms with Gasteiger partial charge in [0.1, 0.15) is 5.75 Å². The van der Waals surface area contributed by atoms with E-state index in [0.29, 0.717) is 11.2 Å². The Labute approximate surface area is 175 Å². The second-order valence-electron chi connectivity index (χ2n) is 7.61. The van der Waals surface area contributed by atoms with Crippen molar-refractivity contribution in [1.82, 2.24) is 15.2 Å². The molecule has 1 amide bonds. The number of nitrogens with zero attached hydrogens (tertiary/aromatic N) is 2. The average molecular weight is 410 g/mol. The summed E-state index contributed by atoms with van der Waals surface area (Å²) < 4.78 is 7.07. The van der Waals surface area contributed by atoms with Crippen LogP contribution >= 0.6 is 11.3 Å². The molecule has 1 N–H and O–H groups in total. The molecule has 1 unspecified atom stereocenters. The lowest BCUT2D eigenvalue weighted by Crippen LogP contribution is -2.34. The third-order valence-corrected chi connectivity index (χ3v) is 6.26. The van der Waals surface area contributed by atoms with Gasteiger partial charge in [-0.15, -0.1) is 0 Å². The first-order chi connectivity index (χ1) is 14.2. The molecular formula is C23H27N3O2S. The van der Waals surface area contributed by atoms with Crippen molar-refractivity contribution in [3.63, 3.8) is 0 Å². The second-order valence-corrected chi connectivity index (χ2v) is 8.61. The first kappa shape index (κ1) is 19.9. The number of thiazole rings is 1. The fourth-order valence-corrected chi connectivity index (χ4v) is 4.65. The molecule has 1 aromatic heterocycles. The van der Waals surface area contributed by atoms with Gasteiger partial charge in [0.25, 0.3) is 5.19 Å². The van der Waals surface area contributed by atoms with Crippen molar-refractivity contribution < 1.29 is 9.53 Å². The van der Waals surface area contributed by atoms with Crippen molar-refractivity contribution in [1.29, 1.82) is 0 Å². The molecule has 0 radical (unpaired) electrons. The fourth-order valence-electron chi connectivity index (χ4n) is 3.82. The minimum absolute atomic E-state index is 0.0802. The predicted octanol–water partition coefficient (Wildman–Crippen LogP) is 4.62. The first-order valence-electron chi connectivity index (χ1n) is 10.3. The molecule has 0 spiro atoms. The van der Waals surface area contributed by atoms with Crippen LogP contribution in [0.15, 0.2) is 48.5 Å². The van der Waals surface area contributed by atoms with Crippen LogP contribution in [-0.4, -0.2) is 41.5 Å². The molecule has 5 nitrogen and oxygen atoms in total. The number of nitrogens with one attached hydrogen (secondary N) is 1. The molecule has 0 saturated carbocycles. The van der Waals surface area contributed by atoms with Crippen LogP contribution in [0.2, 0.25) is 0 Å². The summed E-state index contributed by atoms with van der Waals surface area (Å²) in [6.45, 7) is 4.80. The number of hydrogen-bond acceptors (Lipinski definition) is 5. The molecule has 1 saturated heterocycles. The molecule has 1 fully saturated rings. The van der Waals surface area contributed by atoms with E-state index < -0.39 is 0 Å². The van der Waals surface area contributed by atoms with Crippen LogP contribution in [0.25, 0.3) is 10.2 Å². The number of carbonyl (C=O) groups is 1. The number of rotatable bonds is 6. The summed E-state index contributed by atoms with van der Waals surface area (Å²) in [6, 6.07) is 16.7. The normalized spacial score (nSPS) is 17.8. The maximum Gasteiger partial charge on any atom is 0.279 e. The molecule has 2 heterocycles. The van der Waals surface area contributed by atoms with Gasteiger partial charge in [0.05, 0.1) is 10.2 Å². The minimum Gasteiger partial charge on any atom is -0.431 e. The van der Waals surface area contributed by atoms with Crippen molar-refractivity contribution in [2.75, 3.05) is 19.6 Å². The summed E-state index contributed by atoms with van der Waals surface area (Å²) in [6.07, 6.45) is 4.27. The van der Waals surface area contributed by atoms with Gasteiger partial charge in [-0.25, -0.2) is 4.98 Å². The van der Waals surface area contributed by atoms with Gasteiger partial charge in [0.2, 0.25) is 5.91 Å². The molecule has 3 aromatic rings. The standard InChI is InChI=1S/C23H27N3O2S/c1-17(27)24-19-5-4-14-26(16-13-19)15-12-18-8-10-20(11-9-18)28-23-25-21-6-2-3-7-22(21)29-23/h2-3,6-11,19H,4-5,12-16H2,1H3,(H,24,27). The molecule has 1 aliphatic heterocycles. The molecule has 152 valence electrons. The van der Waals surface area contributed by atoms with Crippen molar-refractivity contribution in [3.8, 4) is 10.9 Å². The Morgan fingerprint density at radius 2 is 2.00 bits per heavy atom. The molecule has 0 aliphatic carbocycles. The zero-order chi connectivity index (χ0) is 20.1. The lowest BCUT2D eigenvalue weighted by molar-refractivity contribution is -0.119. The Bertz CT molecular complexity index is 921. The van der Waals surface area contributed by atoms with E-state index in [2.05, 4.69) is 33.4 Å². The van der Waals surface area contributed by atoms with E-state index in [0.717, 1.165) is 61.3 Å². The minimum atomic E-state index is 0.0802. The van der Waals surface area contributed by atoms with E-state index in [4.69, 9.17) is 4.74 Å². The first-order valence-corrected chi connectivity index (χ1v) is 11.1. The average Bonchev–Trinajstić information content (AvgIpc) is 2.99. The predicted molar refractivity (Wildman–Crippen MR) is 118 cm³/mol. The Morgan fingerprint density at radius 3 is 2.79 bits per heavy atom. The molecule has 0 bridgehead atoms. The van der Waals surface area contributed by atoms with Crippen molar-refractivity contribution in [3.05, 3.63) is 54.1 Å². The largest absolute Gasteiger partial charge is 0.431 e. The number of fused-ring (bicyclic) bond motifs is 1. The smallest absolute Gasteiger partial charge is 0.279 e. The zero-order valence-corrected chi connectivity index (χ0v) is 17.6. The van der Waals surface area contributed by atoms with Crippen LogP contribution in [0.1, 0.15) is 31.7 Å². The zero-order valence-electron chi connectivity index (χ0n) is 16.8. The lowest BCUT2D eigenvalue weighted by Gasteiger charge is -2.20. The van der Waals surface area contributed by atoms with E-state index in [-0.39, 0.29) is 5.91 Å². The number of aromatic nitrogens is 1. The van der Waals surface area contributed by atoms with Crippen LogP contribution < -0.4 is 10.1 Å². The van der Waals surface area contributed by atoms with E-state index in [9.17, 15) is 4.79 Å². The van der Waals surface area contributed by atoms with Gasteiger partial charge in [0, 0.05) is 26.1 Å². The van der Waals surface area contributed by atoms with E-state index in [1.54, 1.807) is 18.3 Å². The van der Waals surface area contributed by atoms with Gasteiger partial charge in [-0.05, 0) is 62.1 Å². The monoisotopic (exact) mass is 409 g/mol. The highest BCUT2D eigenvalue weighted by Crippen LogP contribution is 2.31. The summed E-state index contributed by atoms with van der Waals surface area (Å²) in [7, 11) is 0. The molecule has 6 heteroatoms. The van der Waals surface area contributed by atoms with Gasteiger partial charge < -0.3 is 15.0 Å². The maximum atomic E-state index is 11.3. The number of carbonyl (C=O) groups excluding carboxylic acids is 1. The van der Waals surface area contributed by atoms with E-state index >= 15 is 0 Å². The lowest BCUT2D eigenvalue weighted by atomic mass is 10.1. The Balaban J connectivity index is 1.27. The topological polar surface area (TPSA) is 54.5 Å². The van der Waals surface area contributed by atoms with E-state index in [1.165, 1.54) is 5.56 Å². The molecule has 29 heavy (non-hydrogen) atoms. The quantitative estimate of drug-likeness (QED) is 0.645. The number of amides is 1. The van der Waals surface area contributed by atoms with Crippen LogP contribution in [0.5, 0.6) is 10.9 Å². The summed E-state index contributed by atoms with van der Waals surface area (Å²) in [4.78, 5) is 18.3. The van der Waals surface area contributed by atoms with Gasteiger partial charge >= 0.3 is 0 Å². The number of benzene rings is 2. The maximum absolute atomic E-state index is 11.3. The van der Waals surface area contributed by atoms with Gasteiger partial charge in [0.15, 0.2) is 0 Å². The van der Waals surface area contributed by atoms with Gasteiger partial charge in [-0.2, -0.15) is 0 Å². The summed E-state index contributed by atoms with van der Waals surface area (Å²) in [5, 5.41) is 3.74. The molecule has 2 aromatic carbocycles. The van der Waals surface area contributed by atoms with Crippen molar-refractivity contribution >= 4 is 27.5 Å². The number of hydrogen-bond donors (Lipinski definition) is 1. The third kappa shape index (κ3) is 5.55. The van der Waals surface area contributed by atoms with Crippen LogP contribution in [0, 0.1) is 0 Å². The third-order valence-electron chi connectivity index (χ3n) is 5.35. The van der Waals surface area contributed by atoms with Crippen molar-refractivity contribution in [2.45, 2.75) is 38.6 Å². The van der Waals surface area contributed by atoms with Gasteiger partial charge in [-0.3, -0.25) is 4.79 Å². The summed E-state index contributed by atoms with van der Waals surface area (Å²) in [5.74, 6) is 0.900. The number of likely N-dealkylation sites (tertiary alicyclic amines) is 1. The number of para-hydroxylation sites is 1. The highest BCUT2D eigenvalue weighted by Gasteiger charge is 2.17. The Kier molecular flexibility index (Phi) is 6.42. The fraction of sp³-hybridized carbons (Fsp3) is 0.391. The molecule has 1 atom stereocenters. The summed E-state index contributed by atoms with van der Waals surface area (Å²) in [5.41, 5.74) is 2.28. The highest BCUT2D eigenvalue weighted by atomic mass is 32.1. The molecule has 1 aliphatic rings. The SMILES string of the molecule is CC(=O)NC1CCCN(CCc2ccc(Oc3nc4ccccc4s3)cc2)CC1. The Morgan fingerprint density at radius 1 is 1.17 bits per heavy atom. The van der Waals surface area contributed by atoms with Crippen LogP contribution in [-0.2, 0) is 11.2 Å². The second kappa shape index (κ2) is 9.37. The Hall–Kier alpha value is -2.44. The van der Waals surface area contributed by atoms with Crippen LogP contribution in [0.3, 0.4) is 0 Å². The van der Waals surface area contributed by atoms with E-state index in [1.807, 2.05) is 30.3 Å². The molecule has 4 rings (SSSR count). The van der Waals surface area contributed by atoms with Gasteiger partial charge in [-0.1, -0.05) is 35.6 Å². The van der Waals surface area contributed by atoms with Crippen LogP contribution in [0.4, 0.5) is 0 Å². The number of ether oxygens (including phenoxy) is 1. The van der Waals surface area contributed by atoms with Crippen molar-refractivity contribution in [2.24, 2.45) is 0 Å². The summed E-state index contributed by atoms with van der Waals surface area (Å²) >= 11 is 1.56. The highest BCUT2D eigenvalue weighted by molar-refractivity contribution is 7.20. The molecular weight excluding hydrogens is 382 g/mol.